The summed E-state index contributed by atoms with van der Waals surface area (Å²) < 4.78 is 5.01. The van der Waals surface area contributed by atoms with Crippen molar-refractivity contribution < 1.29 is 9.53 Å². The molecule has 0 bridgehead atoms. The van der Waals surface area contributed by atoms with Crippen LogP contribution in [0.15, 0.2) is 18.2 Å². The van der Waals surface area contributed by atoms with Gasteiger partial charge in [-0.05, 0) is 43.4 Å². The number of fused-ring (bicyclic) bond motifs is 1. The van der Waals surface area contributed by atoms with E-state index in [9.17, 15) is 4.79 Å². The van der Waals surface area contributed by atoms with E-state index in [1.54, 1.807) is 0 Å². The third kappa shape index (κ3) is 1.52. The van der Waals surface area contributed by atoms with Crippen LogP contribution in [0.3, 0.4) is 0 Å². The van der Waals surface area contributed by atoms with Gasteiger partial charge in [-0.3, -0.25) is 0 Å². The van der Waals surface area contributed by atoms with Crippen LogP contribution in [0, 0.1) is 0 Å². The molecule has 74 valence electrons. The summed E-state index contributed by atoms with van der Waals surface area (Å²) >= 11 is 0. The first kappa shape index (κ1) is 9.25. The molecule has 1 aliphatic carbocycles. The Kier molecular flexibility index (Phi) is 2.53. The molecule has 0 saturated carbocycles. The monoisotopic (exact) mass is 190 g/mol. The highest BCUT2D eigenvalue weighted by molar-refractivity contribution is 5.91. The zero-order valence-electron chi connectivity index (χ0n) is 8.38. The average Bonchev–Trinajstić information content (AvgIpc) is 2.65. The van der Waals surface area contributed by atoms with Crippen LogP contribution >= 0.6 is 0 Å². The van der Waals surface area contributed by atoms with Gasteiger partial charge in [-0.2, -0.15) is 0 Å². The van der Waals surface area contributed by atoms with Crippen molar-refractivity contribution in [2.45, 2.75) is 26.2 Å². The Labute approximate surface area is 83.9 Å². The molecule has 0 heterocycles. The van der Waals surface area contributed by atoms with E-state index in [-0.39, 0.29) is 5.97 Å². The molecule has 14 heavy (non-hydrogen) atoms. The molecule has 2 heteroatoms. The maximum atomic E-state index is 11.6. The van der Waals surface area contributed by atoms with Gasteiger partial charge in [0.25, 0.3) is 0 Å². The molecule has 1 aliphatic rings. The van der Waals surface area contributed by atoms with Crippen molar-refractivity contribution in [2.75, 3.05) is 6.61 Å². The molecule has 0 radical (unpaired) electrons. The van der Waals surface area contributed by atoms with E-state index in [2.05, 4.69) is 6.07 Å². The SMILES string of the molecule is CCOC(=O)c1cccc2c1CCC2. The van der Waals surface area contributed by atoms with Crippen molar-refractivity contribution in [3.63, 3.8) is 0 Å². The van der Waals surface area contributed by atoms with Gasteiger partial charge in [-0.25, -0.2) is 4.79 Å². The van der Waals surface area contributed by atoms with Crippen LogP contribution in [0.1, 0.15) is 34.8 Å². The summed E-state index contributed by atoms with van der Waals surface area (Å²) in [7, 11) is 0. The predicted octanol–water partition coefficient (Wildman–Crippen LogP) is 2.35. The summed E-state index contributed by atoms with van der Waals surface area (Å²) in [6, 6.07) is 5.91. The molecule has 0 atom stereocenters. The highest BCUT2D eigenvalue weighted by Crippen LogP contribution is 2.25. The zero-order chi connectivity index (χ0) is 9.97. The molecule has 2 nitrogen and oxygen atoms in total. The first-order valence-corrected chi connectivity index (χ1v) is 5.11. The minimum Gasteiger partial charge on any atom is -0.462 e. The van der Waals surface area contributed by atoms with E-state index >= 15 is 0 Å². The van der Waals surface area contributed by atoms with Gasteiger partial charge < -0.3 is 4.74 Å². The molecule has 0 amide bonds. The summed E-state index contributed by atoms with van der Waals surface area (Å²) in [5.41, 5.74) is 3.28. The molecule has 1 aromatic rings. The number of carbonyl (C=O) groups excluding carboxylic acids is 1. The van der Waals surface area contributed by atoms with Crippen LogP contribution in [-0.2, 0) is 17.6 Å². The molecular weight excluding hydrogens is 176 g/mol. The van der Waals surface area contributed by atoms with Gasteiger partial charge in [-0.15, -0.1) is 0 Å². The van der Waals surface area contributed by atoms with Gasteiger partial charge in [0.05, 0.1) is 12.2 Å². The Morgan fingerprint density at radius 2 is 2.29 bits per heavy atom. The van der Waals surface area contributed by atoms with Crippen LogP contribution < -0.4 is 0 Å². The van der Waals surface area contributed by atoms with Crippen LogP contribution in [0.25, 0.3) is 0 Å². The normalized spacial score (nSPS) is 13.8. The van der Waals surface area contributed by atoms with Crippen molar-refractivity contribution >= 4 is 5.97 Å². The maximum absolute atomic E-state index is 11.6. The number of esters is 1. The average molecular weight is 190 g/mol. The maximum Gasteiger partial charge on any atom is 0.338 e. The highest BCUT2D eigenvalue weighted by Gasteiger charge is 2.18. The number of rotatable bonds is 2. The summed E-state index contributed by atoms with van der Waals surface area (Å²) in [5, 5.41) is 0. The Bertz CT molecular complexity index is 355. The lowest BCUT2D eigenvalue weighted by atomic mass is 10.0. The molecule has 0 saturated heterocycles. The topological polar surface area (TPSA) is 26.3 Å². The second kappa shape index (κ2) is 3.82. The van der Waals surface area contributed by atoms with Crippen molar-refractivity contribution in [1.29, 1.82) is 0 Å². The van der Waals surface area contributed by atoms with Crippen LogP contribution in [0.4, 0.5) is 0 Å². The quantitative estimate of drug-likeness (QED) is 0.669. The lowest BCUT2D eigenvalue weighted by Gasteiger charge is -2.06. The molecule has 2 rings (SSSR count). The van der Waals surface area contributed by atoms with Crippen molar-refractivity contribution in [2.24, 2.45) is 0 Å². The predicted molar refractivity (Wildman–Crippen MR) is 54.4 cm³/mol. The molecular formula is C12H14O2. The first-order valence-electron chi connectivity index (χ1n) is 5.11. The van der Waals surface area contributed by atoms with E-state index in [0.29, 0.717) is 6.61 Å². The number of ether oxygens (including phenoxy) is 1. The van der Waals surface area contributed by atoms with E-state index in [0.717, 1.165) is 24.8 Å². The Morgan fingerprint density at radius 3 is 3.07 bits per heavy atom. The number of hydrogen-bond donors (Lipinski definition) is 0. The van der Waals surface area contributed by atoms with Crippen molar-refractivity contribution in [1.82, 2.24) is 0 Å². The Hall–Kier alpha value is -1.31. The molecule has 0 N–H and O–H groups in total. The van der Waals surface area contributed by atoms with Gasteiger partial charge in [0.2, 0.25) is 0 Å². The summed E-state index contributed by atoms with van der Waals surface area (Å²) in [6.07, 6.45) is 3.28. The molecule has 0 aromatic heterocycles. The van der Waals surface area contributed by atoms with Crippen molar-refractivity contribution in [3.8, 4) is 0 Å². The minimum absolute atomic E-state index is 0.175. The van der Waals surface area contributed by atoms with Gasteiger partial charge in [-0.1, -0.05) is 12.1 Å². The number of benzene rings is 1. The lowest BCUT2D eigenvalue weighted by Crippen LogP contribution is -2.07. The smallest absolute Gasteiger partial charge is 0.338 e. The van der Waals surface area contributed by atoms with E-state index in [1.165, 1.54) is 11.1 Å². The van der Waals surface area contributed by atoms with Gasteiger partial charge >= 0.3 is 5.97 Å². The van der Waals surface area contributed by atoms with Crippen molar-refractivity contribution in [3.05, 3.63) is 34.9 Å². The minimum atomic E-state index is -0.175. The third-order valence-electron chi connectivity index (χ3n) is 2.64. The first-order chi connectivity index (χ1) is 6.83. The molecule has 1 aromatic carbocycles. The molecule has 0 fully saturated rings. The molecule has 0 aliphatic heterocycles. The van der Waals surface area contributed by atoms with Gasteiger partial charge in [0.1, 0.15) is 0 Å². The second-order valence-electron chi connectivity index (χ2n) is 3.52. The fourth-order valence-electron chi connectivity index (χ4n) is 2.02. The number of carbonyl (C=O) groups is 1. The van der Waals surface area contributed by atoms with Gasteiger partial charge in [0.15, 0.2) is 0 Å². The second-order valence-corrected chi connectivity index (χ2v) is 3.52. The Balaban J connectivity index is 2.34. The highest BCUT2D eigenvalue weighted by atomic mass is 16.5. The van der Waals surface area contributed by atoms with Crippen LogP contribution in [0.2, 0.25) is 0 Å². The number of hydrogen-bond acceptors (Lipinski definition) is 2. The van der Waals surface area contributed by atoms with E-state index in [4.69, 9.17) is 4.74 Å². The molecule has 0 unspecified atom stereocenters. The summed E-state index contributed by atoms with van der Waals surface area (Å²) in [4.78, 5) is 11.6. The third-order valence-corrected chi connectivity index (χ3v) is 2.64. The summed E-state index contributed by atoms with van der Waals surface area (Å²) in [5.74, 6) is -0.175. The lowest BCUT2D eigenvalue weighted by molar-refractivity contribution is 0.0525. The van der Waals surface area contributed by atoms with Crippen LogP contribution in [-0.4, -0.2) is 12.6 Å². The van der Waals surface area contributed by atoms with E-state index in [1.807, 2.05) is 19.1 Å². The van der Waals surface area contributed by atoms with E-state index < -0.39 is 0 Å². The largest absolute Gasteiger partial charge is 0.462 e. The standard InChI is InChI=1S/C12H14O2/c1-2-14-12(13)11-8-4-6-9-5-3-7-10(9)11/h4,6,8H,2-3,5,7H2,1H3. The zero-order valence-corrected chi connectivity index (χ0v) is 8.38. The van der Waals surface area contributed by atoms with Gasteiger partial charge in [0, 0.05) is 0 Å². The fraction of sp³-hybridized carbons (Fsp3) is 0.417. The fourth-order valence-corrected chi connectivity index (χ4v) is 2.02. The van der Waals surface area contributed by atoms with Crippen LogP contribution in [0.5, 0.6) is 0 Å². The molecule has 0 spiro atoms. The summed E-state index contributed by atoms with van der Waals surface area (Å²) in [6.45, 7) is 2.28. The Morgan fingerprint density at radius 1 is 1.43 bits per heavy atom. The number of aryl methyl sites for hydroxylation is 1.